The Labute approximate surface area is 63.1 Å². The van der Waals surface area contributed by atoms with E-state index in [1.54, 1.807) is 0 Å². The van der Waals surface area contributed by atoms with E-state index in [0.29, 0.717) is 0 Å². The summed E-state index contributed by atoms with van der Waals surface area (Å²) in [6.45, 7) is 0. The van der Waals surface area contributed by atoms with Crippen molar-refractivity contribution in [1.82, 2.24) is 4.98 Å². The van der Waals surface area contributed by atoms with Crippen LogP contribution in [0.15, 0.2) is 12.3 Å². The van der Waals surface area contributed by atoms with Gasteiger partial charge in [0.25, 0.3) is 0 Å². The minimum absolute atomic E-state index is 0. The number of aromatic hydroxyl groups is 1. The van der Waals surface area contributed by atoms with Crippen LogP contribution in [0.25, 0.3) is 0 Å². The van der Waals surface area contributed by atoms with Crippen LogP contribution in [0.4, 0.5) is 10.2 Å². The fourth-order valence-electron chi connectivity index (χ4n) is 0.438. The minimum atomic E-state index is -0.748. The second kappa shape index (κ2) is 3.22. The molecule has 1 aromatic heterocycles. The molecular weight excluding hydrogens is 159 g/mol. The molecule has 0 saturated carbocycles. The first-order valence-corrected chi connectivity index (χ1v) is 2.30. The number of nitrogen functional groups attached to an aromatic ring is 1. The molecule has 0 fully saturated rings. The van der Waals surface area contributed by atoms with Crippen molar-refractivity contribution >= 4 is 18.2 Å². The van der Waals surface area contributed by atoms with Crippen LogP contribution in [0.5, 0.6) is 5.75 Å². The van der Waals surface area contributed by atoms with Crippen LogP contribution < -0.4 is 5.73 Å². The molecule has 0 aromatic carbocycles. The van der Waals surface area contributed by atoms with Crippen LogP contribution in [0.3, 0.4) is 0 Å². The van der Waals surface area contributed by atoms with Crippen molar-refractivity contribution < 1.29 is 9.50 Å². The van der Waals surface area contributed by atoms with Crippen LogP contribution in [-0.2, 0) is 0 Å². The van der Waals surface area contributed by atoms with E-state index in [1.807, 2.05) is 0 Å². The highest BCUT2D eigenvalue weighted by molar-refractivity contribution is 5.85. The van der Waals surface area contributed by atoms with Crippen molar-refractivity contribution in [3.8, 4) is 5.75 Å². The van der Waals surface area contributed by atoms with Crippen LogP contribution in [0.1, 0.15) is 0 Å². The molecule has 0 aliphatic carbocycles. The second-order valence-corrected chi connectivity index (χ2v) is 1.56. The monoisotopic (exact) mass is 164 g/mol. The van der Waals surface area contributed by atoms with Crippen molar-refractivity contribution in [3.05, 3.63) is 18.1 Å². The van der Waals surface area contributed by atoms with E-state index >= 15 is 0 Å². The first-order chi connectivity index (χ1) is 4.20. The molecule has 56 valence electrons. The highest BCUT2D eigenvalue weighted by Crippen LogP contribution is 2.13. The van der Waals surface area contributed by atoms with Crippen molar-refractivity contribution in [1.29, 1.82) is 0 Å². The number of hydrogen-bond acceptors (Lipinski definition) is 3. The molecule has 10 heavy (non-hydrogen) atoms. The topological polar surface area (TPSA) is 59.1 Å². The quantitative estimate of drug-likeness (QED) is 0.600. The van der Waals surface area contributed by atoms with Crippen molar-refractivity contribution in [3.63, 3.8) is 0 Å². The Morgan fingerprint density at radius 2 is 2.20 bits per heavy atom. The maximum Gasteiger partial charge on any atom is 0.170 e. The molecule has 0 radical (unpaired) electrons. The van der Waals surface area contributed by atoms with E-state index < -0.39 is 11.6 Å². The van der Waals surface area contributed by atoms with Gasteiger partial charge in [0.15, 0.2) is 11.6 Å². The van der Waals surface area contributed by atoms with Gasteiger partial charge in [-0.05, 0) is 0 Å². The predicted molar refractivity (Wildman–Crippen MR) is 37.5 cm³/mol. The molecular formula is C5H6ClFN2O. The van der Waals surface area contributed by atoms with E-state index in [0.717, 1.165) is 12.3 Å². The smallest absolute Gasteiger partial charge is 0.170 e. The lowest BCUT2D eigenvalue weighted by molar-refractivity contribution is 0.430. The highest BCUT2D eigenvalue weighted by atomic mass is 35.5. The van der Waals surface area contributed by atoms with E-state index in [-0.39, 0.29) is 18.2 Å². The summed E-state index contributed by atoms with van der Waals surface area (Å²) in [6, 6.07) is 0.954. The second-order valence-electron chi connectivity index (χ2n) is 1.56. The zero-order valence-electron chi connectivity index (χ0n) is 4.91. The standard InChI is InChI=1S/C5H5FN2O.ClH/c6-3-1-5(7)8-2-4(3)9;/h1-2,9H,(H2,7,8);1H. The number of aromatic nitrogens is 1. The molecule has 0 bridgehead atoms. The number of hydrogen-bond donors (Lipinski definition) is 2. The van der Waals surface area contributed by atoms with E-state index in [9.17, 15) is 4.39 Å². The van der Waals surface area contributed by atoms with Gasteiger partial charge in [-0.25, -0.2) is 9.37 Å². The summed E-state index contributed by atoms with van der Waals surface area (Å²) >= 11 is 0. The Hall–Kier alpha value is -1.03. The maximum absolute atomic E-state index is 12.2. The Balaban J connectivity index is 0.000000810. The van der Waals surface area contributed by atoms with Crippen LogP contribution in [0, 0.1) is 5.82 Å². The van der Waals surface area contributed by atoms with Gasteiger partial charge in [-0.3, -0.25) is 0 Å². The SMILES string of the molecule is Cl.Nc1cc(F)c(O)cn1. The summed E-state index contributed by atoms with van der Waals surface area (Å²) in [5, 5.41) is 8.55. The zero-order valence-corrected chi connectivity index (χ0v) is 5.73. The van der Waals surface area contributed by atoms with Crippen LogP contribution >= 0.6 is 12.4 Å². The summed E-state index contributed by atoms with van der Waals surface area (Å²) in [5.74, 6) is -1.17. The molecule has 5 heteroatoms. The average Bonchev–Trinajstić information content (AvgIpc) is 1.80. The molecule has 3 N–H and O–H groups in total. The number of pyridine rings is 1. The molecule has 0 aliphatic heterocycles. The molecule has 3 nitrogen and oxygen atoms in total. The average molecular weight is 165 g/mol. The summed E-state index contributed by atoms with van der Waals surface area (Å²) in [7, 11) is 0. The van der Waals surface area contributed by atoms with Crippen molar-refractivity contribution in [2.75, 3.05) is 5.73 Å². The Morgan fingerprint density at radius 3 is 2.60 bits per heavy atom. The molecule has 1 rings (SSSR count). The molecule has 1 heterocycles. The van der Waals surface area contributed by atoms with Gasteiger partial charge in [0, 0.05) is 6.07 Å². The highest BCUT2D eigenvalue weighted by Gasteiger charge is 1.98. The number of anilines is 1. The third-order valence-corrected chi connectivity index (χ3v) is 0.855. The fraction of sp³-hybridized carbons (Fsp3) is 0. The lowest BCUT2D eigenvalue weighted by Gasteiger charge is -1.93. The van der Waals surface area contributed by atoms with Gasteiger partial charge in [-0.2, -0.15) is 0 Å². The first-order valence-electron chi connectivity index (χ1n) is 2.30. The normalized spacial score (nSPS) is 8.50. The van der Waals surface area contributed by atoms with Gasteiger partial charge < -0.3 is 10.8 Å². The van der Waals surface area contributed by atoms with E-state index in [1.165, 1.54) is 0 Å². The van der Waals surface area contributed by atoms with Gasteiger partial charge in [0.1, 0.15) is 5.82 Å². The number of halogens is 2. The Kier molecular flexibility index (Phi) is 2.89. The predicted octanol–water partition coefficient (Wildman–Crippen LogP) is 0.930. The maximum atomic E-state index is 12.2. The molecule has 0 saturated heterocycles. The van der Waals surface area contributed by atoms with E-state index in [4.69, 9.17) is 10.8 Å². The number of rotatable bonds is 0. The van der Waals surface area contributed by atoms with E-state index in [2.05, 4.69) is 4.98 Å². The third kappa shape index (κ3) is 1.73. The number of nitrogens with two attached hydrogens (primary N) is 1. The van der Waals surface area contributed by atoms with Gasteiger partial charge in [0.2, 0.25) is 0 Å². The van der Waals surface area contributed by atoms with Gasteiger partial charge >= 0.3 is 0 Å². The minimum Gasteiger partial charge on any atom is -0.504 e. The van der Waals surface area contributed by atoms with Crippen molar-refractivity contribution in [2.24, 2.45) is 0 Å². The van der Waals surface area contributed by atoms with Crippen LogP contribution in [0.2, 0.25) is 0 Å². The summed E-state index contributed by atoms with van der Waals surface area (Å²) in [6.07, 6.45) is 0.963. The Morgan fingerprint density at radius 1 is 1.60 bits per heavy atom. The number of nitrogens with zero attached hydrogens (tertiary/aromatic N) is 1. The largest absolute Gasteiger partial charge is 0.504 e. The Bertz CT molecular complexity index is 231. The molecule has 0 amide bonds. The van der Waals surface area contributed by atoms with Gasteiger partial charge in [-0.1, -0.05) is 0 Å². The lowest BCUT2D eigenvalue weighted by atomic mass is 10.4. The van der Waals surface area contributed by atoms with Crippen LogP contribution in [-0.4, -0.2) is 10.1 Å². The summed E-state index contributed by atoms with van der Waals surface area (Å²) in [4.78, 5) is 3.43. The molecule has 0 unspecified atom stereocenters. The first kappa shape index (κ1) is 8.97. The van der Waals surface area contributed by atoms with Gasteiger partial charge in [0.05, 0.1) is 6.20 Å². The zero-order chi connectivity index (χ0) is 6.85. The fourth-order valence-corrected chi connectivity index (χ4v) is 0.438. The van der Waals surface area contributed by atoms with Crippen molar-refractivity contribution in [2.45, 2.75) is 0 Å². The molecule has 1 aromatic rings. The summed E-state index contributed by atoms with van der Waals surface area (Å²) in [5.41, 5.74) is 5.07. The lowest BCUT2D eigenvalue weighted by Crippen LogP contribution is -1.89. The molecule has 0 spiro atoms. The van der Waals surface area contributed by atoms with Gasteiger partial charge in [-0.15, -0.1) is 12.4 Å². The third-order valence-electron chi connectivity index (χ3n) is 0.855. The molecule has 0 atom stereocenters. The molecule has 0 aliphatic rings. The summed E-state index contributed by atoms with van der Waals surface area (Å²) < 4.78 is 12.2.